The van der Waals surface area contributed by atoms with Gasteiger partial charge in [-0.3, -0.25) is 4.79 Å². The summed E-state index contributed by atoms with van der Waals surface area (Å²) >= 11 is 5.68. The monoisotopic (exact) mass is 262 g/mol. The summed E-state index contributed by atoms with van der Waals surface area (Å²) in [7, 11) is 0. The van der Waals surface area contributed by atoms with Gasteiger partial charge in [-0.2, -0.15) is 18.4 Å². The first-order chi connectivity index (χ1) is 7.81. The molecule has 1 N–H and O–H groups in total. The van der Waals surface area contributed by atoms with E-state index < -0.39 is 18.5 Å². The molecule has 7 heteroatoms. The Bertz CT molecular complexity index is 479. The lowest BCUT2D eigenvalue weighted by Crippen LogP contribution is -2.21. The number of carbonyl (C=O) groups excluding carboxylic acids is 1. The van der Waals surface area contributed by atoms with Crippen molar-refractivity contribution < 1.29 is 18.0 Å². The molecule has 17 heavy (non-hydrogen) atoms. The van der Waals surface area contributed by atoms with Gasteiger partial charge in [-0.1, -0.05) is 11.6 Å². The predicted molar refractivity (Wildman–Crippen MR) is 55.5 cm³/mol. The van der Waals surface area contributed by atoms with Crippen molar-refractivity contribution in [3.8, 4) is 6.07 Å². The third kappa shape index (κ3) is 4.33. The first-order valence-corrected chi connectivity index (χ1v) is 4.76. The van der Waals surface area contributed by atoms with Crippen LogP contribution >= 0.6 is 11.6 Å². The summed E-state index contributed by atoms with van der Waals surface area (Å²) in [4.78, 5) is 11.0. The van der Waals surface area contributed by atoms with Crippen molar-refractivity contribution >= 4 is 23.2 Å². The Morgan fingerprint density at radius 2 is 2.12 bits per heavy atom. The van der Waals surface area contributed by atoms with E-state index in [1.54, 1.807) is 0 Å². The Morgan fingerprint density at radius 1 is 1.47 bits per heavy atom. The molecule has 0 saturated heterocycles. The van der Waals surface area contributed by atoms with Crippen LogP contribution in [-0.4, -0.2) is 12.1 Å². The van der Waals surface area contributed by atoms with Crippen molar-refractivity contribution in [2.45, 2.75) is 12.6 Å². The molecule has 0 spiro atoms. The van der Waals surface area contributed by atoms with Gasteiger partial charge in [0.1, 0.15) is 6.42 Å². The topological polar surface area (TPSA) is 52.9 Å². The fourth-order valence-electron chi connectivity index (χ4n) is 1.06. The van der Waals surface area contributed by atoms with E-state index in [1.807, 2.05) is 11.4 Å². The van der Waals surface area contributed by atoms with Crippen LogP contribution in [0.4, 0.5) is 18.9 Å². The standard InChI is InChI=1S/C10H6ClF3N2O/c11-7-3-6(5-15)1-2-8(7)16-9(17)4-10(12,13)14/h1-3H,4H2,(H,16,17). The maximum atomic E-state index is 11.9. The highest BCUT2D eigenvalue weighted by Gasteiger charge is 2.31. The van der Waals surface area contributed by atoms with Gasteiger partial charge in [-0.15, -0.1) is 0 Å². The number of nitriles is 1. The van der Waals surface area contributed by atoms with Crippen molar-refractivity contribution in [2.75, 3.05) is 5.32 Å². The van der Waals surface area contributed by atoms with E-state index in [1.165, 1.54) is 18.2 Å². The summed E-state index contributed by atoms with van der Waals surface area (Å²) in [5.74, 6) is -1.20. The Balaban J connectivity index is 2.76. The summed E-state index contributed by atoms with van der Waals surface area (Å²) < 4.78 is 35.7. The minimum Gasteiger partial charge on any atom is -0.324 e. The molecule has 0 radical (unpaired) electrons. The Hall–Kier alpha value is -1.74. The van der Waals surface area contributed by atoms with E-state index in [0.29, 0.717) is 0 Å². The first-order valence-electron chi connectivity index (χ1n) is 4.38. The minimum atomic E-state index is -4.57. The van der Waals surface area contributed by atoms with Gasteiger partial charge < -0.3 is 5.32 Å². The smallest absolute Gasteiger partial charge is 0.324 e. The normalized spacial score (nSPS) is 10.8. The summed E-state index contributed by atoms with van der Waals surface area (Å²) in [5.41, 5.74) is 0.295. The quantitative estimate of drug-likeness (QED) is 0.890. The van der Waals surface area contributed by atoms with Crippen LogP contribution in [0.1, 0.15) is 12.0 Å². The van der Waals surface area contributed by atoms with Crippen molar-refractivity contribution in [1.82, 2.24) is 0 Å². The van der Waals surface area contributed by atoms with E-state index in [4.69, 9.17) is 16.9 Å². The zero-order valence-electron chi connectivity index (χ0n) is 8.31. The van der Waals surface area contributed by atoms with E-state index in [0.717, 1.165) is 0 Å². The number of amides is 1. The zero-order valence-corrected chi connectivity index (χ0v) is 9.06. The van der Waals surface area contributed by atoms with Crippen LogP contribution in [0.2, 0.25) is 5.02 Å². The highest BCUT2D eigenvalue weighted by molar-refractivity contribution is 6.33. The maximum Gasteiger partial charge on any atom is 0.397 e. The molecule has 0 aliphatic heterocycles. The van der Waals surface area contributed by atoms with Gasteiger partial charge in [0.25, 0.3) is 0 Å². The third-order valence-electron chi connectivity index (χ3n) is 1.73. The molecule has 1 aromatic carbocycles. The van der Waals surface area contributed by atoms with Gasteiger partial charge in [0.05, 0.1) is 22.3 Å². The molecule has 0 bridgehead atoms. The van der Waals surface area contributed by atoms with E-state index in [2.05, 4.69) is 0 Å². The molecule has 0 aliphatic rings. The van der Waals surface area contributed by atoms with Crippen molar-refractivity contribution in [2.24, 2.45) is 0 Å². The number of nitrogens with one attached hydrogen (secondary N) is 1. The zero-order chi connectivity index (χ0) is 13.1. The molecule has 0 saturated carbocycles. The lowest BCUT2D eigenvalue weighted by atomic mass is 10.2. The van der Waals surface area contributed by atoms with Crippen molar-refractivity contribution in [3.63, 3.8) is 0 Å². The van der Waals surface area contributed by atoms with Crippen molar-refractivity contribution in [3.05, 3.63) is 28.8 Å². The molecule has 3 nitrogen and oxygen atoms in total. The second kappa shape index (κ2) is 5.06. The average molecular weight is 263 g/mol. The number of benzene rings is 1. The van der Waals surface area contributed by atoms with Crippen LogP contribution in [-0.2, 0) is 4.79 Å². The molecule has 1 amide bonds. The predicted octanol–water partition coefficient (Wildman–Crippen LogP) is 3.10. The van der Waals surface area contributed by atoms with Crippen LogP contribution in [0.15, 0.2) is 18.2 Å². The number of anilines is 1. The molecule has 0 fully saturated rings. The number of hydrogen-bond acceptors (Lipinski definition) is 2. The molecule has 0 aliphatic carbocycles. The lowest BCUT2D eigenvalue weighted by molar-refractivity contribution is -0.150. The van der Waals surface area contributed by atoms with Gasteiger partial charge >= 0.3 is 6.18 Å². The van der Waals surface area contributed by atoms with Gasteiger partial charge in [0, 0.05) is 0 Å². The SMILES string of the molecule is N#Cc1ccc(NC(=O)CC(F)(F)F)c(Cl)c1. The second-order valence-corrected chi connectivity index (χ2v) is 3.55. The Morgan fingerprint density at radius 3 is 2.59 bits per heavy atom. The van der Waals surface area contributed by atoms with Crippen LogP contribution in [0.25, 0.3) is 0 Å². The van der Waals surface area contributed by atoms with Crippen LogP contribution in [0, 0.1) is 11.3 Å². The fourth-order valence-corrected chi connectivity index (χ4v) is 1.29. The van der Waals surface area contributed by atoms with Crippen molar-refractivity contribution in [1.29, 1.82) is 5.26 Å². The third-order valence-corrected chi connectivity index (χ3v) is 2.05. The number of rotatable bonds is 2. The highest BCUT2D eigenvalue weighted by atomic mass is 35.5. The first kappa shape index (κ1) is 13.3. The molecule has 1 rings (SSSR count). The molecule has 0 heterocycles. The fraction of sp³-hybridized carbons (Fsp3) is 0.200. The number of halogens is 4. The molecule has 90 valence electrons. The molecular formula is C10H6ClF3N2O. The summed E-state index contributed by atoms with van der Waals surface area (Å²) in [6.45, 7) is 0. The number of alkyl halides is 3. The van der Waals surface area contributed by atoms with Crippen LogP contribution < -0.4 is 5.32 Å². The largest absolute Gasteiger partial charge is 0.397 e. The van der Waals surface area contributed by atoms with Crippen LogP contribution in [0.5, 0.6) is 0 Å². The summed E-state index contributed by atoms with van der Waals surface area (Å²) in [6, 6.07) is 5.68. The molecule has 0 atom stereocenters. The van der Waals surface area contributed by atoms with E-state index >= 15 is 0 Å². The van der Waals surface area contributed by atoms with E-state index in [-0.39, 0.29) is 16.3 Å². The van der Waals surface area contributed by atoms with Gasteiger partial charge in [-0.25, -0.2) is 0 Å². The molecule has 1 aromatic rings. The minimum absolute atomic E-state index is 0.0135. The number of carbonyl (C=O) groups is 1. The summed E-state index contributed by atoms with van der Waals surface area (Å²) in [6.07, 6.45) is -6.15. The highest BCUT2D eigenvalue weighted by Crippen LogP contribution is 2.25. The Labute approximate surface area is 99.8 Å². The van der Waals surface area contributed by atoms with Gasteiger partial charge in [-0.05, 0) is 18.2 Å². The van der Waals surface area contributed by atoms with Gasteiger partial charge in [0.15, 0.2) is 0 Å². The second-order valence-electron chi connectivity index (χ2n) is 3.15. The molecule has 0 unspecified atom stereocenters. The lowest BCUT2D eigenvalue weighted by Gasteiger charge is -2.09. The summed E-state index contributed by atoms with van der Waals surface area (Å²) in [5, 5.41) is 10.6. The van der Waals surface area contributed by atoms with E-state index in [9.17, 15) is 18.0 Å². The maximum absolute atomic E-state index is 11.9. The van der Waals surface area contributed by atoms with Gasteiger partial charge in [0.2, 0.25) is 5.91 Å². The number of hydrogen-bond donors (Lipinski definition) is 1. The number of nitrogens with zero attached hydrogens (tertiary/aromatic N) is 1. The molecule has 0 aromatic heterocycles. The Kier molecular flexibility index (Phi) is 3.97. The van der Waals surface area contributed by atoms with Crippen LogP contribution in [0.3, 0.4) is 0 Å². The average Bonchev–Trinajstić information content (AvgIpc) is 2.18. The molecular weight excluding hydrogens is 257 g/mol.